The van der Waals surface area contributed by atoms with E-state index in [1.165, 1.54) is 0 Å². The van der Waals surface area contributed by atoms with Gasteiger partial charge >= 0.3 is 0 Å². The van der Waals surface area contributed by atoms with Crippen molar-refractivity contribution in [3.05, 3.63) is 34.1 Å². The van der Waals surface area contributed by atoms with E-state index >= 15 is 0 Å². The number of anilines is 1. The standard InChI is InChI=1S/C12H12BrN5O/c13-7-1-2-10(15-5-7)12-16-9-3-4-19-6-8(9)11(17-12)18-14/h1-2,5H,3-4,6,14H2,(H,16,17,18). The molecule has 3 rings (SSSR count). The Morgan fingerprint density at radius 3 is 2.95 bits per heavy atom. The van der Waals surface area contributed by atoms with E-state index in [-0.39, 0.29) is 0 Å². The van der Waals surface area contributed by atoms with Crippen molar-refractivity contribution in [1.29, 1.82) is 0 Å². The van der Waals surface area contributed by atoms with E-state index in [9.17, 15) is 0 Å². The lowest BCUT2D eigenvalue weighted by Crippen LogP contribution is -2.19. The van der Waals surface area contributed by atoms with Crippen molar-refractivity contribution in [2.24, 2.45) is 5.84 Å². The molecule has 0 radical (unpaired) electrons. The van der Waals surface area contributed by atoms with Crippen LogP contribution in [0.1, 0.15) is 11.3 Å². The molecule has 0 spiro atoms. The van der Waals surface area contributed by atoms with Crippen LogP contribution in [-0.4, -0.2) is 21.6 Å². The Balaban J connectivity index is 2.09. The third-order valence-electron chi connectivity index (χ3n) is 2.92. The number of rotatable bonds is 2. The highest BCUT2D eigenvalue weighted by Crippen LogP contribution is 2.25. The number of pyridine rings is 1. The van der Waals surface area contributed by atoms with Crippen LogP contribution in [-0.2, 0) is 17.8 Å². The molecule has 6 nitrogen and oxygen atoms in total. The van der Waals surface area contributed by atoms with Crippen molar-refractivity contribution >= 4 is 21.7 Å². The van der Waals surface area contributed by atoms with E-state index in [2.05, 4.69) is 36.3 Å². The number of nitrogens with zero attached hydrogens (tertiary/aromatic N) is 3. The highest BCUT2D eigenvalue weighted by Gasteiger charge is 2.18. The van der Waals surface area contributed by atoms with Crippen LogP contribution in [0.2, 0.25) is 0 Å². The van der Waals surface area contributed by atoms with Crippen LogP contribution in [0.15, 0.2) is 22.8 Å². The van der Waals surface area contributed by atoms with Crippen LogP contribution in [0, 0.1) is 0 Å². The third kappa shape index (κ3) is 2.44. The zero-order valence-electron chi connectivity index (χ0n) is 10.1. The van der Waals surface area contributed by atoms with Gasteiger partial charge in [0.25, 0.3) is 0 Å². The first kappa shape index (κ1) is 12.5. The lowest BCUT2D eigenvalue weighted by Gasteiger charge is -2.18. The zero-order valence-corrected chi connectivity index (χ0v) is 11.6. The molecule has 3 heterocycles. The molecule has 0 saturated carbocycles. The Morgan fingerprint density at radius 1 is 1.32 bits per heavy atom. The van der Waals surface area contributed by atoms with E-state index in [4.69, 9.17) is 10.6 Å². The fourth-order valence-electron chi connectivity index (χ4n) is 1.97. The number of nitrogens with one attached hydrogen (secondary N) is 1. The SMILES string of the molecule is NNc1nc(-c2ccc(Br)cn2)nc2c1COCC2. The maximum absolute atomic E-state index is 5.52. The fraction of sp³-hybridized carbons (Fsp3) is 0.250. The summed E-state index contributed by atoms with van der Waals surface area (Å²) in [5.74, 6) is 6.69. The highest BCUT2D eigenvalue weighted by atomic mass is 79.9. The van der Waals surface area contributed by atoms with Gasteiger partial charge in [0.15, 0.2) is 5.82 Å². The van der Waals surface area contributed by atoms with Gasteiger partial charge in [0.2, 0.25) is 0 Å². The monoisotopic (exact) mass is 321 g/mol. The average molecular weight is 322 g/mol. The maximum Gasteiger partial charge on any atom is 0.180 e. The van der Waals surface area contributed by atoms with E-state index in [0.29, 0.717) is 30.5 Å². The first-order valence-corrected chi connectivity index (χ1v) is 6.63. The van der Waals surface area contributed by atoms with Crippen molar-refractivity contribution in [3.63, 3.8) is 0 Å². The molecule has 2 aromatic heterocycles. The van der Waals surface area contributed by atoms with Crippen molar-refractivity contribution in [3.8, 4) is 11.5 Å². The van der Waals surface area contributed by atoms with Gasteiger partial charge in [0.1, 0.15) is 11.5 Å². The Bertz CT molecular complexity index is 585. The zero-order chi connectivity index (χ0) is 13.2. The van der Waals surface area contributed by atoms with Crippen molar-refractivity contribution in [1.82, 2.24) is 15.0 Å². The molecule has 3 N–H and O–H groups in total. The number of nitrogens with two attached hydrogens (primary N) is 1. The molecule has 0 atom stereocenters. The minimum atomic E-state index is 0.489. The van der Waals surface area contributed by atoms with E-state index in [1.807, 2.05) is 12.1 Å². The van der Waals surface area contributed by atoms with Crippen LogP contribution >= 0.6 is 15.9 Å². The number of halogens is 1. The number of nitrogen functional groups attached to an aromatic ring is 1. The summed E-state index contributed by atoms with van der Waals surface area (Å²) in [6.45, 7) is 1.16. The smallest absolute Gasteiger partial charge is 0.180 e. The summed E-state index contributed by atoms with van der Waals surface area (Å²) in [6, 6.07) is 3.77. The molecule has 2 aromatic rings. The molecule has 0 saturated heterocycles. The van der Waals surface area contributed by atoms with Gasteiger partial charge in [0, 0.05) is 22.7 Å². The summed E-state index contributed by atoms with van der Waals surface area (Å²) in [5.41, 5.74) is 5.22. The van der Waals surface area contributed by atoms with Crippen molar-refractivity contribution in [2.75, 3.05) is 12.0 Å². The molecule has 1 aliphatic heterocycles. The average Bonchev–Trinajstić information content (AvgIpc) is 2.47. The molecule has 19 heavy (non-hydrogen) atoms. The van der Waals surface area contributed by atoms with E-state index < -0.39 is 0 Å². The van der Waals surface area contributed by atoms with Crippen LogP contribution in [0.3, 0.4) is 0 Å². The van der Waals surface area contributed by atoms with Gasteiger partial charge in [-0.1, -0.05) is 0 Å². The van der Waals surface area contributed by atoms with E-state index in [1.54, 1.807) is 6.20 Å². The molecule has 0 aromatic carbocycles. The minimum absolute atomic E-state index is 0.489. The summed E-state index contributed by atoms with van der Waals surface area (Å²) >= 11 is 3.35. The third-order valence-corrected chi connectivity index (χ3v) is 3.38. The van der Waals surface area contributed by atoms with Gasteiger partial charge < -0.3 is 10.2 Å². The number of fused-ring (bicyclic) bond motifs is 1. The first-order valence-electron chi connectivity index (χ1n) is 5.84. The molecule has 0 bridgehead atoms. The van der Waals surface area contributed by atoms with Gasteiger partial charge in [-0.2, -0.15) is 0 Å². The van der Waals surface area contributed by atoms with Crippen LogP contribution < -0.4 is 11.3 Å². The highest BCUT2D eigenvalue weighted by molar-refractivity contribution is 9.10. The molecule has 98 valence electrons. The summed E-state index contributed by atoms with van der Waals surface area (Å²) < 4.78 is 6.32. The van der Waals surface area contributed by atoms with Crippen molar-refractivity contribution in [2.45, 2.75) is 13.0 Å². The lowest BCUT2D eigenvalue weighted by atomic mass is 10.1. The molecule has 0 aliphatic carbocycles. The number of aromatic nitrogens is 3. The number of hydrogen-bond donors (Lipinski definition) is 2. The van der Waals surface area contributed by atoms with Crippen LogP contribution in [0.5, 0.6) is 0 Å². The summed E-state index contributed by atoms with van der Waals surface area (Å²) in [6.07, 6.45) is 2.48. The van der Waals surface area contributed by atoms with Gasteiger partial charge in [0.05, 0.1) is 18.9 Å². The first-order chi connectivity index (χ1) is 9.28. The predicted octanol–water partition coefficient (Wildman–Crippen LogP) is 1.66. The van der Waals surface area contributed by atoms with Gasteiger partial charge in [-0.25, -0.2) is 15.8 Å². The number of ether oxygens (including phenoxy) is 1. The Hall–Kier alpha value is -1.57. The van der Waals surface area contributed by atoms with Gasteiger partial charge in [-0.15, -0.1) is 0 Å². The molecule has 0 unspecified atom stereocenters. The Labute approximate surface area is 118 Å². The normalized spacial score (nSPS) is 14.0. The summed E-state index contributed by atoms with van der Waals surface area (Å²) in [7, 11) is 0. The Kier molecular flexibility index (Phi) is 3.41. The number of hydrazine groups is 1. The quantitative estimate of drug-likeness (QED) is 0.646. The largest absolute Gasteiger partial charge is 0.376 e. The Morgan fingerprint density at radius 2 is 2.21 bits per heavy atom. The minimum Gasteiger partial charge on any atom is -0.376 e. The maximum atomic E-state index is 5.52. The van der Waals surface area contributed by atoms with Crippen LogP contribution in [0.4, 0.5) is 5.82 Å². The van der Waals surface area contributed by atoms with Crippen molar-refractivity contribution < 1.29 is 4.74 Å². The summed E-state index contributed by atoms with van der Waals surface area (Å²) in [4.78, 5) is 13.3. The number of hydrogen-bond acceptors (Lipinski definition) is 6. The predicted molar refractivity (Wildman–Crippen MR) is 74.1 cm³/mol. The van der Waals surface area contributed by atoms with Gasteiger partial charge in [-0.05, 0) is 28.1 Å². The molecule has 0 amide bonds. The fourth-order valence-corrected chi connectivity index (χ4v) is 2.21. The van der Waals surface area contributed by atoms with E-state index in [0.717, 1.165) is 22.2 Å². The lowest BCUT2D eigenvalue weighted by molar-refractivity contribution is 0.109. The second kappa shape index (κ2) is 5.20. The van der Waals surface area contributed by atoms with Gasteiger partial charge in [-0.3, -0.25) is 4.98 Å². The summed E-state index contributed by atoms with van der Waals surface area (Å²) in [5, 5.41) is 0. The second-order valence-corrected chi connectivity index (χ2v) is 5.05. The molecule has 0 fully saturated rings. The molecule has 1 aliphatic rings. The second-order valence-electron chi connectivity index (χ2n) is 4.13. The topological polar surface area (TPSA) is 86.0 Å². The molecular formula is C12H12BrN5O. The van der Waals surface area contributed by atoms with Crippen LogP contribution in [0.25, 0.3) is 11.5 Å². The molecule has 7 heteroatoms. The molecular weight excluding hydrogens is 310 g/mol.